The van der Waals surface area contributed by atoms with Crippen LogP contribution in [0.2, 0.25) is 5.02 Å². The fraction of sp³-hybridized carbons (Fsp3) is 0.333. The van der Waals surface area contributed by atoms with E-state index < -0.39 is 17.7 Å². The minimum Gasteiger partial charge on any atom is -0.491 e. The Morgan fingerprint density at radius 1 is 1.29 bits per heavy atom. The average Bonchev–Trinajstić information content (AvgIpc) is 3.44. The molecule has 210 valence electrons. The third-order valence-electron chi connectivity index (χ3n) is 7.91. The van der Waals surface area contributed by atoms with Crippen LogP contribution in [0.4, 0.5) is 25.1 Å². The number of rotatable bonds is 2. The molecular formula is C27H24ClF2N9O2. The lowest BCUT2D eigenvalue weighted by molar-refractivity contribution is 0.140. The summed E-state index contributed by atoms with van der Waals surface area (Å²) in [5.41, 5.74) is 5.62. The first-order valence-corrected chi connectivity index (χ1v) is 13.3. The third kappa shape index (κ3) is 4.17. The van der Waals surface area contributed by atoms with E-state index in [2.05, 4.69) is 25.1 Å². The number of hydrogen-bond acceptors (Lipinski definition) is 9. The van der Waals surface area contributed by atoms with E-state index in [0.717, 1.165) is 4.57 Å². The van der Waals surface area contributed by atoms with Crippen molar-refractivity contribution in [2.75, 3.05) is 30.8 Å². The lowest BCUT2D eigenvalue weighted by Crippen LogP contribution is -2.56. The van der Waals surface area contributed by atoms with E-state index in [-0.39, 0.29) is 68.9 Å². The Morgan fingerprint density at radius 3 is 2.85 bits per heavy atom. The molecule has 41 heavy (non-hydrogen) atoms. The number of amides is 1. The minimum atomic E-state index is -0.828. The number of fused-ring (bicyclic) bond motifs is 2. The molecule has 2 unspecified atom stereocenters. The highest BCUT2D eigenvalue weighted by molar-refractivity contribution is 6.36. The van der Waals surface area contributed by atoms with Gasteiger partial charge in [0.2, 0.25) is 5.82 Å². The number of halogens is 3. The van der Waals surface area contributed by atoms with Crippen molar-refractivity contribution in [3.63, 3.8) is 0 Å². The zero-order chi connectivity index (χ0) is 29.0. The fourth-order valence-electron chi connectivity index (χ4n) is 5.92. The van der Waals surface area contributed by atoms with Crippen LogP contribution < -0.4 is 15.4 Å². The van der Waals surface area contributed by atoms with Crippen molar-refractivity contribution in [3.05, 3.63) is 53.3 Å². The summed E-state index contributed by atoms with van der Waals surface area (Å²) in [4.78, 5) is 25.6. The maximum atomic E-state index is 16.1. The molecular weight excluding hydrogens is 556 g/mol. The van der Waals surface area contributed by atoms with Crippen molar-refractivity contribution in [2.45, 2.75) is 31.8 Å². The van der Waals surface area contributed by atoms with Crippen LogP contribution in [0, 0.1) is 28.9 Å². The Labute approximate surface area is 238 Å². The normalized spacial score (nSPS) is 20.0. The summed E-state index contributed by atoms with van der Waals surface area (Å²) >= 11 is 6.74. The molecule has 6 rings (SSSR count). The molecule has 0 aliphatic carbocycles. The number of nitrogens with zero attached hydrogens (tertiary/aromatic N) is 8. The van der Waals surface area contributed by atoms with Gasteiger partial charge < -0.3 is 20.3 Å². The summed E-state index contributed by atoms with van der Waals surface area (Å²) < 4.78 is 38.3. The number of nitrogen functional groups attached to an aromatic ring is 1. The highest BCUT2D eigenvalue weighted by atomic mass is 35.5. The van der Waals surface area contributed by atoms with E-state index in [9.17, 15) is 14.4 Å². The van der Waals surface area contributed by atoms with Gasteiger partial charge in [-0.05, 0) is 24.5 Å². The van der Waals surface area contributed by atoms with Gasteiger partial charge >= 0.3 is 6.03 Å². The van der Waals surface area contributed by atoms with Gasteiger partial charge in [-0.15, -0.1) is 10.2 Å². The summed E-state index contributed by atoms with van der Waals surface area (Å²) in [6.45, 7) is 2.70. The molecule has 11 nitrogen and oxygen atoms in total. The molecule has 2 aliphatic heterocycles. The van der Waals surface area contributed by atoms with E-state index in [0.29, 0.717) is 25.2 Å². The Balaban J connectivity index is 1.42. The predicted molar refractivity (Wildman–Crippen MR) is 146 cm³/mol. The Bertz CT molecular complexity index is 1720. The number of nitrogens with two attached hydrogens (primary N) is 1. The fourth-order valence-corrected chi connectivity index (χ4v) is 6.25. The van der Waals surface area contributed by atoms with E-state index in [1.165, 1.54) is 30.9 Å². The van der Waals surface area contributed by atoms with Gasteiger partial charge in [0.15, 0.2) is 11.6 Å². The molecule has 2 aromatic heterocycles. The molecule has 4 aromatic rings. The van der Waals surface area contributed by atoms with Gasteiger partial charge in [-0.25, -0.2) is 28.1 Å². The van der Waals surface area contributed by atoms with Gasteiger partial charge in [-0.3, -0.25) is 0 Å². The number of nitriles is 1. The summed E-state index contributed by atoms with van der Waals surface area (Å²) in [7, 11) is 1.68. The molecule has 2 aromatic carbocycles. The van der Waals surface area contributed by atoms with E-state index in [1.807, 2.05) is 13.0 Å². The monoisotopic (exact) mass is 579 g/mol. The molecule has 1 amide bonds. The van der Waals surface area contributed by atoms with Gasteiger partial charge in [0.05, 0.1) is 17.0 Å². The maximum Gasteiger partial charge on any atom is 0.331 e. The summed E-state index contributed by atoms with van der Waals surface area (Å²) in [5, 5.41) is 16.8. The highest BCUT2D eigenvalue weighted by Gasteiger charge is 2.40. The minimum absolute atomic E-state index is 0.0282. The van der Waals surface area contributed by atoms with Crippen molar-refractivity contribution >= 4 is 40.0 Å². The zero-order valence-electron chi connectivity index (χ0n) is 22.1. The van der Waals surface area contributed by atoms with Gasteiger partial charge in [-0.1, -0.05) is 24.6 Å². The second-order valence-corrected chi connectivity index (χ2v) is 10.6. The number of carbonyl (C=O) groups is 1. The van der Waals surface area contributed by atoms with E-state index in [4.69, 9.17) is 22.1 Å². The van der Waals surface area contributed by atoms with Gasteiger partial charge in [-0.2, -0.15) is 5.26 Å². The third-order valence-corrected chi connectivity index (χ3v) is 8.28. The molecule has 2 N–H and O–H groups in total. The number of benzene rings is 2. The number of hydrogen-bond donors (Lipinski definition) is 1. The molecule has 4 heterocycles. The van der Waals surface area contributed by atoms with Gasteiger partial charge in [0.1, 0.15) is 35.9 Å². The first-order chi connectivity index (χ1) is 19.7. The molecule has 2 aliphatic rings. The Hall–Kier alpha value is -4.57. The molecule has 0 spiro atoms. The molecule has 0 bridgehead atoms. The van der Waals surface area contributed by atoms with Crippen LogP contribution in [0.3, 0.4) is 0 Å². The van der Waals surface area contributed by atoms with E-state index in [1.54, 1.807) is 11.9 Å². The number of piperidine rings is 1. The van der Waals surface area contributed by atoms with Crippen LogP contribution >= 0.6 is 11.6 Å². The first kappa shape index (κ1) is 26.6. The van der Waals surface area contributed by atoms with Crippen LogP contribution in [0.5, 0.6) is 5.75 Å². The predicted octanol–water partition coefficient (Wildman–Crippen LogP) is 4.24. The Kier molecular flexibility index (Phi) is 6.57. The summed E-state index contributed by atoms with van der Waals surface area (Å²) in [5.74, 6) is -1.09. The van der Waals surface area contributed by atoms with Crippen LogP contribution in [-0.4, -0.2) is 67.9 Å². The number of aromatic nitrogens is 5. The number of carbonyl (C=O) groups excluding carboxylic acids is 1. The topological polar surface area (TPSA) is 139 Å². The van der Waals surface area contributed by atoms with E-state index >= 15 is 4.39 Å². The van der Waals surface area contributed by atoms with Crippen molar-refractivity contribution < 1.29 is 18.3 Å². The molecule has 3 atom stereocenters. The molecule has 0 radical (unpaired) electrons. The lowest BCUT2D eigenvalue weighted by atomic mass is 9.86. The lowest BCUT2D eigenvalue weighted by Gasteiger charge is -2.47. The second kappa shape index (κ2) is 10.1. The Morgan fingerprint density at radius 2 is 2.10 bits per heavy atom. The van der Waals surface area contributed by atoms with Crippen molar-refractivity contribution in [3.8, 4) is 22.9 Å². The quantitative estimate of drug-likeness (QED) is 0.345. The van der Waals surface area contributed by atoms with Crippen LogP contribution in [0.25, 0.3) is 22.0 Å². The highest BCUT2D eigenvalue weighted by Crippen LogP contribution is 2.49. The molecule has 14 heteroatoms. The number of anilines is 2. The second-order valence-electron chi connectivity index (χ2n) is 10.2. The number of ether oxygens (including phenoxy) is 1. The molecule has 0 saturated carbocycles. The van der Waals surface area contributed by atoms with Gasteiger partial charge in [0.25, 0.3) is 0 Å². The van der Waals surface area contributed by atoms with Crippen LogP contribution in [0.15, 0.2) is 30.9 Å². The summed E-state index contributed by atoms with van der Waals surface area (Å²) in [6.07, 6.45) is 3.57. The molecule has 1 fully saturated rings. The van der Waals surface area contributed by atoms with Crippen molar-refractivity contribution in [1.82, 2.24) is 29.6 Å². The van der Waals surface area contributed by atoms with Crippen LogP contribution in [-0.2, 0) is 0 Å². The summed E-state index contributed by atoms with van der Waals surface area (Å²) in [6, 6.07) is 5.22. The SMILES string of the molecule is C[C@@H]1CN2c3ncnc4c(F)c(-c5c(N)cccc5F)c(Cl)c(c34)OCCC2CC1N(C)C(=O)n1cnnc1C#N. The average molecular weight is 580 g/mol. The zero-order valence-corrected chi connectivity index (χ0v) is 22.8. The first-order valence-electron chi connectivity index (χ1n) is 12.9. The maximum absolute atomic E-state index is 16.1. The van der Waals surface area contributed by atoms with Crippen molar-refractivity contribution in [2.24, 2.45) is 5.92 Å². The van der Waals surface area contributed by atoms with Gasteiger partial charge in [0, 0.05) is 48.9 Å². The van der Waals surface area contributed by atoms with Crippen LogP contribution in [0.1, 0.15) is 25.6 Å². The van der Waals surface area contributed by atoms with Crippen molar-refractivity contribution in [1.29, 1.82) is 5.26 Å². The smallest absolute Gasteiger partial charge is 0.331 e. The molecule has 1 saturated heterocycles. The largest absolute Gasteiger partial charge is 0.491 e. The standard InChI is InChI=1S/C27H24ClF2N9O2/c1-13-10-38-14(8-17(13)37(2)27(40)39-12-35-36-18(39)9-31)6-7-41-25-21-24(33-11-34-26(21)38)23(30)20(22(25)28)19-15(29)4-3-5-16(19)32/h3-5,11-14,17H,6-8,10,32H2,1-2H3/t13-,14?,17?/m1/s1.